The van der Waals surface area contributed by atoms with Crippen molar-refractivity contribution in [2.75, 3.05) is 0 Å². The smallest absolute Gasteiger partial charge is 0.119 e. The molecule has 0 saturated heterocycles. The highest BCUT2D eigenvalue weighted by atomic mass is 16.5. The van der Waals surface area contributed by atoms with E-state index < -0.39 is 0 Å². The Morgan fingerprint density at radius 1 is 1.00 bits per heavy atom. The van der Waals surface area contributed by atoms with Gasteiger partial charge in [-0.3, -0.25) is 0 Å². The lowest BCUT2D eigenvalue weighted by atomic mass is 10.1. The van der Waals surface area contributed by atoms with E-state index in [9.17, 15) is 0 Å². The second-order valence-corrected chi connectivity index (χ2v) is 5.34. The van der Waals surface area contributed by atoms with Gasteiger partial charge in [0, 0.05) is 24.2 Å². The van der Waals surface area contributed by atoms with E-state index in [0.29, 0.717) is 6.61 Å². The summed E-state index contributed by atoms with van der Waals surface area (Å²) in [6.45, 7) is 4.83. The Balaban J connectivity index is 1.88. The van der Waals surface area contributed by atoms with E-state index in [1.54, 1.807) is 0 Å². The van der Waals surface area contributed by atoms with Gasteiger partial charge in [-0.25, -0.2) is 0 Å². The van der Waals surface area contributed by atoms with Gasteiger partial charge in [-0.1, -0.05) is 35.9 Å². The number of aryl methyl sites for hydroxylation is 3. The molecule has 0 unspecified atom stereocenters. The summed E-state index contributed by atoms with van der Waals surface area (Å²) in [6, 6.07) is 14.6. The summed E-state index contributed by atoms with van der Waals surface area (Å²) in [4.78, 5) is 0. The molecular weight excluding hydrogens is 246 g/mol. The first-order chi connectivity index (χ1) is 9.65. The van der Waals surface area contributed by atoms with Crippen molar-refractivity contribution < 1.29 is 4.74 Å². The highest BCUT2D eigenvalue weighted by Gasteiger charge is 2.08. The van der Waals surface area contributed by atoms with Crippen LogP contribution in [0, 0.1) is 13.8 Å². The average Bonchev–Trinajstić information content (AvgIpc) is 2.76. The quantitative estimate of drug-likeness (QED) is 0.685. The van der Waals surface area contributed by atoms with Crippen LogP contribution in [0.15, 0.2) is 48.7 Å². The maximum absolute atomic E-state index is 5.90. The molecule has 1 aromatic heterocycles. The maximum atomic E-state index is 5.90. The van der Waals surface area contributed by atoms with Crippen molar-refractivity contribution in [1.29, 1.82) is 0 Å². The van der Waals surface area contributed by atoms with Crippen LogP contribution in [-0.2, 0) is 13.7 Å². The zero-order valence-electron chi connectivity index (χ0n) is 12.2. The van der Waals surface area contributed by atoms with Gasteiger partial charge in [0.05, 0.1) is 5.52 Å². The Hall–Kier alpha value is -2.22. The van der Waals surface area contributed by atoms with Crippen LogP contribution in [0.2, 0.25) is 0 Å². The number of hydrogen-bond acceptors (Lipinski definition) is 1. The standard InChI is InChI=1S/C18H19NO/c1-13-7-9-16(10-8-13)20-12-15-11-19(3)18-14(2)5-4-6-17(15)18/h4-11H,12H2,1-3H3. The molecule has 0 aliphatic heterocycles. The summed E-state index contributed by atoms with van der Waals surface area (Å²) in [5.41, 5.74) is 5.06. The van der Waals surface area contributed by atoms with Gasteiger partial charge in [-0.2, -0.15) is 0 Å². The summed E-state index contributed by atoms with van der Waals surface area (Å²) in [7, 11) is 2.09. The lowest BCUT2D eigenvalue weighted by Gasteiger charge is -2.05. The molecule has 2 nitrogen and oxygen atoms in total. The lowest BCUT2D eigenvalue weighted by molar-refractivity contribution is 0.307. The first kappa shape index (κ1) is 12.8. The van der Waals surface area contributed by atoms with Gasteiger partial charge in [0.15, 0.2) is 0 Å². The molecule has 0 atom stereocenters. The summed E-state index contributed by atoms with van der Waals surface area (Å²) in [5.74, 6) is 0.917. The predicted octanol–water partition coefficient (Wildman–Crippen LogP) is 4.37. The molecular formula is C18H19NO. The third kappa shape index (κ3) is 2.29. The number of ether oxygens (including phenoxy) is 1. The highest BCUT2D eigenvalue weighted by Crippen LogP contribution is 2.25. The van der Waals surface area contributed by atoms with Gasteiger partial charge in [0.1, 0.15) is 12.4 Å². The second-order valence-electron chi connectivity index (χ2n) is 5.34. The van der Waals surface area contributed by atoms with E-state index in [4.69, 9.17) is 4.74 Å². The molecule has 0 radical (unpaired) electrons. The second kappa shape index (κ2) is 5.04. The number of rotatable bonds is 3. The van der Waals surface area contributed by atoms with E-state index in [1.165, 1.54) is 27.6 Å². The van der Waals surface area contributed by atoms with Gasteiger partial charge in [0.25, 0.3) is 0 Å². The van der Waals surface area contributed by atoms with Crippen LogP contribution in [0.25, 0.3) is 10.9 Å². The van der Waals surface area contributed by atoms with E-state index in [-0.39, 0.29) is 0 Å². The molecule has 2 aromatic carbocycles. The number of para-hydroxylation sites is 1. The molecule has 102 valence electrons. The zero-order chi connectivity index (χ0) is 14.1. The Kier molecular flexibility index (Phi) is 3.23. The monoisotopic (exact) mass is 265 g/mol. The van der Waals surface area contributed by atoms with E-state index >= 15 is 0 Å². The molecule has 3 rings (SSSR count). The molecule has 1 heterocycles. The number of aromatic nitrogens is 1. The van der Waals surface area contributed by atoms with Gasteiger partial charge in [0.2, 0.25) is 0 Å². The average molecular weight is 265 g/mol. The van der Waals surface area contributed by atoms with E-state index in [1.807, 2.05) is 12.1 Å². The third-order valence-electron chi connectivity index (χ3n) is 3.70. The summed E-state index contributed by atoms with van der Waals surface area (Å²) in [5, 5.41) is 1.28. The van der Waals surface area contributed by atoms with E-state index in [0.717, 1.165) is 5.75 Å². The fourth-order valence-corrected chi connectivity index (χ4v) is 2.66. The van der Waals surface area contributed by atoms with E-state index in [2.05, 4.69) is 62.0 Å². The number of benzene rings is 2. The molecule has 0 spiro atoms. The molecule has 0 saturated carbocycles. The summed E-state index contributed by atoms with van der Waals surface area (Å²) < 4.78 is 8.07. The molecule has 0 amide bonds. The fourth-order valence-electron chi connectivity index (χ4n) is 2.66. The molecule has 3 aromatic rings. The minimum absolute atomic E-state index is 0.601. The number of fused-ring (bicyclic) bond motifs is 1. The van der Waals surface area contributed by atoms with Crippen LogP contribution < -0.4 is 4.74 Å². The highest BCUT2D eigenvalue weighted by molar-refractivity contribution is 5.86. The predicted molar refractivity (Wildman–Crippen MR) is 83.2 cm³/mol. The van der Waals surface area contributed by atoms with Crippen LogP contribution >= 0.6 is 0 Å². The van der Waals surface area contributed by atoms with Crippen molar-refractivity contribution in [3.05, 3.63) is 65.4 Å². The van der Waals surface area contributed by atoms with Gasteiger partial charge < -0.3 is 9.30 Å². The molecule has 0 N–H and O–H groups in total. The lowest BCUT2D eigenvalue weighted by Crippen LogP contribution is -1.94. The summed E-state index contributed by atoms with van der Waals surface area (Å²) in [6.07, 6.45) is 2.16. The Labute approximate surface area is 119 Å². The molecule has 0 fully saturated rings. The first-order valence-corrected chi connectivity index (χ1v) is 6.88. The van der Waals surface area contributed by atoms with Gasteiger partial charge >= 0.3 is 0 Å². The van der Waals surface area contributed by atoms with Crippen molar-refractivity contribution in [1.82, 2.24) is 4.57 Å². The van der Waals surface area contributed by atoms with Crippen molar-refractivity contribution >= 4 is 10.9 Å². The van der Waals surface area contributed by atoms with Crippen molar-refractivity contribution in [2.24, 2.45) is 7.05 Å². The Morgan fingerprint density at radius 2 is 1.75 bits per heavy atom. The topological polar surface area (TPSA) is 14.2 Å². The minimum Gasteiger partial charge on any atom is -0.489 e. The summed E-state index contributed by atoms with van der Waals surface area (Å²) >= 11 is 0. The van der Waals surface area contributed by atoms with Crippen LogP contribution in [0.1, 0.15) is 16.7 Å². The van der Waals surface area contributed by atoms with Crippen molar-refractivity contribution in [2.45, 2.75) is 20.5 Å². The van der Waals surface area contributed by atoms with Crippen LogP contribution in [-0.4, -0.2) is 4.57 Å². The third-order valence-corrected chi connectivity index (χ3v) is 3.70. The Bertz CT molecular complexity index is 738. The molecule has 0 aliphatic carbocycles. The first-order valence-electron chi connectivity index (χ1n) is 6.88. The minimum atomic E-state index is 0.601. The normalized spacial score (nSPS) is 10.9. The zero-order valence-corrected chi connectivity index (χ0v) is 12.2. The van der Waals surface area contributed by atoms with Crippen molar-refractivity contribution in [3.63, 3.8) is 0 Å². The Morgan fingerprint density at radius 3 is 2.50 bits per heavy atom. The van der Waals surface area contributed by atoms with Crippen LogP contribution in [0.4, 0.5) is 0 Å². The largest absolute Gasteiger partial charge is 0.489 e. The van der Waals surface area contributed by atoms with Crippen LogP contribution in [0.3, 0.4) is 0 Å². The van der Waals surface area contributed by atoms with Crippen molar-refractivity contribution in [3.8, 4) is 5.75 Å². The number of hydrogen-bond donors (Lipinski definition) is 0. The fraction of sp³-hybridized carbons (Fsp3) is 0.222. The molecule has 0 bridgehead atoms. The molecule has 0 aliphatic rings. The molecule has 2 heteroatoms. The maximum Gasteiger partial charge on any atom is 0.119 e. The van der Waals surface area contributed by atoms with Gasteiger partial charge in [-0.05, 0) is 31.5 Å². The van der Waals surface area contributed by atoms with Gasteiger partial charge in [-0.15, -0.1) is 0 Å². The van der Waals surface area contributed by atoms with Crippen LogP contribution in [0.5, 0.6) is 5.75 Å². The SMILES string of the molecule is Cc1ccc(OCc2cn(C)c3c(C)cccc23)cc1. The molecule has 20 heavy (non-hydrogen) atoms. The number of nitrogens with zero attached hydrogens (tertiary/aromatic N) is 1.